The Balaban J connectivity index is 1.82. The summed E-state index contributed by atoms with van der Waals surface area (Å²) in [6, 6.07) is 25.7. The van der Waals surface area contributed by atoms with E-state index in [1.165, 1.54) is 0 Å². The second-order valence-corrected chi connectivity index (χ2v) is 9.24. The van der Waals surface area contributed by atoms with Crippen molar-refractivity contribution in [3.63, 3.8) is 0 Å². The van der Waals surface area contributed by atoms with Crippen LogP contribution in [0.25, 0.3) is 0 Å². The molecule has 0 saturated heterocycles. The van der Waals surface area contributed by atoms with E-state index in [0.717, 1.165) is 16.9 Å². The van der Waals surface area contributed by atoms with Crippen molar-refractivity contribution in [2.75, 3.05) is 26.9 Å². The fourth-order valence-corrected chi connectivity index (χ4v) is 3.95. The largest absolute Gasteiger partial charge is 0.497 e. The summed E-state index contributed by atoms with van der Waals surface area (Å²) in [6.07, 6.45) is 1.20. The Morgan fingerprint density at radius 3 is 2.13 bits per heavy atom. The number of para-hydroxylation sites is 1. The molecule has 3 aromatic carbocycles. The molecule has 0 aliphatic rings. The summed E-state index contributed by atoms with van der Waals surface area (Å²) in [5, 5.41) is 3.02. The van der Waals surface area contributed by atoms with Crippen molar-refractivity contribution in [2.24, 2.45) is 0 Å². The van der Waals surface area contributed by atoms with Gasteiger partial charge in [-0.15, -0.1) is 0 Å². The second kappa shape index (κ2) is 15.4. The van der Waals surface area contributed by atoms with Gasteiger partial charge in [0, 0.05) is 26.1 Å². The van der Waals surface area contributed by atoms with Gasteiger partial charge in [0.2, 0.25) is 5.91 Å². The molecule has 3 rings (SSSR count). The van der Waals surface area contributed by atoms with E-state index in [0.29, 0.717) is 31.7 Å². The molecule has 1 atom stereocenters. The highest BCUT2D eigenvalue weighted by Crippen LogP contribution is 2.18. The van der Waals surface area contributed by atoms with Crippen LogP contribution in [0, 0.1) is 0 Å². The van der Waals surface area contributed by atoms with Crippen LogP contribution in [-0.4, -0.2) is 55.7 Å². The van der Waals surface area contributed by atoms with Crippen LogP contribution < -0.4 is 14.8 Å². The maximum Gasteiger partial charge on any atom is 0.261 e. The third-order valence-electron chi connectivity index (χ3n) is 5.96. The van der Waals surface area contributed by atoms with Crippen LogP contribution in [-0.2, 0) is 27.3 Å². The van der Waals surface area contributed by atoms with E-state index >= 15 is 0 Å². The van der Waals surface area contributed by atoms with Gasteiger partial charge in [-0.3, -0.25) is 9.59 Å². The van der Waals surface area contributed by atoms with E-state index < -0.39 is 6.04 Å². The molecule has 0 spiro atoms. The molecule has 202 valence electrons. The van der Waals surface area contributed by atoms with Crippen molar-refractivity contribution in [1.29, 1.82) is 0 Å². The van der Waals surface area contributed by atoms with Crippen molar-refractivity contribution in [2.45, 2.75) is 45.4 Å². The number of ether oxygens (including phenoxy) is 3. The highest BCUT2D eigenvalue weighted by atomic mass is 16.5. The Hall–Kier alpha value is -3.84. The molecule has 0 heterocycles. The van der Waals surface area contributed by atoms with Gasteiger partial charge < -0.3 is 24.4 Å². The zero-order valence-electron chi connectivity index (χ0n) is 22.5. The van der Waals surface area contributed by atoms with Gasteiger partial charge in [0.1, 0.15) is 17.5 Å². The number of carbonyl (C=O) groups is 2. The van der Waals surface area contributed by atoms with Gasteiger partial charge in [-0.25, -0.2) is 0 Å². The Morgan fingerprint density at radius 2 is 1.50 bits per heavy atom. The lowest BCUT2D eigenvalue weighted by Crippen LogP contribution is -2.52. The molecule has 0 aliphatic heterocycles. The predicted octanol–water partition coefficient (Wildman–Crippen LogP) is 4.65. The quantitative estimate of drug-likeness (QED) is 0.297. The molecule has 3 aromatic rings. The van der Waals surface area contributed by atoms with Gasteiger partial charge in [0.25, 0.3) is 5.91 Å². The first-order valence-electron chi connectivity index (χ1n) is 13.0. The fraction of sp³-hybridized carbons (Fsp3) is 0.355. The molecule has 0 aliphatic carbocycles. The number of methoxy groups -OCH3 is 1. The fourth-order valence-electron chi connectivity index (χ4n) is 3.95. The number of nitrogens with one attached hydrogen (secondary N) is 1. The number of hydrogen-bond acceptors (Lipinski definition) is 5. The first kappa shape index (κ1) is 28.7. The van der Waals surface area contributed by atoms with Gasteiger partial charge in [-0.05, 0) is 55.7 Å². The van der Waals surface area contributed by atoms with Crippen molar-refractivity contribution in [3.8, 4) is 11.5 Å². The molecular weight excluding hydrogens is 480 g/mol. The lowest BCUT2D eigenvalue weighted by atomic mass is 10.0. The van der Waals surface area contributed by atoms with Crippen LogP contribution in [0.3, 0.4) is 0 Å². The average Bonchev–Trinajstić information content (AvgIpc) is 2.94. The number of carbonyl (C=O) groups excluding carboxylic acids is 2. The van der Waals surface area contributed by atoms with Gasteiger partial charge in [-0.2, -0.15) is 0 Å². The van der Waals surface area contributed by atoms with Crippen LogP contribution in [0.4, 0.5) is 0 Å². The topological polar surface area (TPSA) is 77.1 Å². The highest BCUT2D eigenvalue weighted by molar-refractivity contribution is 5.88. The molecule has 7 heteroatoms. The summed E-state index contributed by atoms with van der Waals surface area (Å²) in [5.74, 6) is 0.838. The number of benzene rings is 3. The number of nitrogens with zero attached hydrogens (tertiary/aromatic N) is 1. The number of rotatable bonds is 15. The molecule has 0 bridgehead atoms. The molecule has 0 unspecified atom stereocenters. The maximum atomic E-state index is 13.6. The van der Waals surface area contributed by atoms with Crippen molar-refractivity contribution >= 4 is 11.8 Å². The summed E-state index contributed by atoms with van der Waals surface area (Å²) in [7, 11) is 1.61. The highest BCUT2D eigenvalue weighted by Gasteiger charge is 2.30. The third kappa shape index (κ3) is 9.56. The summed E-state index contributed by atoms with van der Waals surface area (Å²) < 4.78 is 16.7. The molecule has 38 heavy (non-hydrogen) atoms. The summed E-state index contributed by atoms with van der Waals surface area (Å²) >= 11 is 0. The van der Waals surface area contributed by atoms with E-state index in [1.54, 1.807) is 24.1 Å². The third-order valence-corrected chi connectivity index (χ3v) is 5.96. The lowest BCUT2D eigenvalue weighted by molar-refractivity contribution is -0.142. The second-order valence-electron chi connectivity index (χ2n) is 9.24. The molecule has 0 radical (unpaired) electrons. The van der Waals surface area contributed by atoms with Crippen LogP contribution in [0.2, 0.25) is 0 Å². The molecular formula is C31H38N2O5. The SMILES string of the molecule is COc1ccc(CN(C(=O)COc2ccccc2)[C@@H](Cc2ccccc2)C(=O)NCCCOC(C)C)cc1. The van der Waals surface area contributed by atoms with Crippen LogP contribution in [0.15, 0.2) is 84.9 Å². The maximum absolute atomic E-state index is 13.6. The van der Waals surface area contributed by atoms with Crippen LogP contribution in [0.1, 0.15) is 31.4 Å². The van der Waals surface area contributed by atoms with Crippen LogP contribution in [0.5, 0.6) is 11.5 Å². The molecule has 7 nitrogen and oxygen atoms in total. The molecule has 0 fully saturated rings. The monoisotopic (exact) mass is 518 g/mol. The summed E-state index contributed by atoms with van der Waals surface area (Å²) in [6.45, 7) is 5.05. The number of amides is 2. The van der Waals surface area contributed by atoms with Crippen molar-refractivity contribution in [1.82, 2.24) is 10.2 Å². The van der Waals surface area contributed by atoms with E-state index in [1.807, 2.05) is 86.6 Å². The minimum absolute atomic E-state index is 0.138. The van der Waals surface area contributed by atoms with Gasteiger partial charge in [0.15, 0.2) is 6.61 Å². The van der Waals surface area contributed by atoms with Gasteiger partial charge >= 0.3 is 0 Å². The minimum Gasteiger partial charge on any atom is -0.497 e. The van der Waals surface area contributed by atoms with Gasteiger partial charge in [0.05, 0.1) is 13.2 Å². The molecule has 2 amide bonds. The summed E-state index contributed by atoms with van der Waals surface area (Å²) in [5.41, 5.74) is 1.85. The van der Waals surface area contributed by atoms with Crippen molar-refractivity contribution < 1.29 is 23.8 Å². The van der Waals surface area contributed by atoms with E-state index in [2.05, 4.69) is 5.32 Å². The first-order valence-corrected chi connectivity index (χ1v) is 13.0. The number of hydrogen-bond donors (Lipinski definition) is 1. The first-order chi connectivity index (χ1) is 18.5. The molecule has 0 aromatic heterocycles. The standard InChI is InChI=1S/C31H38N2O5/c1-24(2)37-20-10-19-32-31(35)29(21-25-11-6-4-7-12-25)33(22-26-15-17-27(36-3)18-16-26)30(34)23-38-28-13-8-5-9-14-28/h4-9,11-18,24,29H,10,19-23H2,1-3H3,(H,32,35)/t29-/m0/s1. The van der Waals surface area contributed by atoms with Gasteiger partial charge in [-0.1, -0.05) is 60.7 Å². The zero-order valence-corrected chi connectivity index (χ0v) is 22.5. The zero-order chi connectivity index (χ0) is 27.2. The van der Waals surface area contributed by atoms with E-state index in [4.69, 9.17) is 14.2 Å². The Morgan fingerprint density at radius 1 is 0.842 bits per heavy atom. The minimum atomic E-state index is -0.725. The molecule has 1 N–H and O–H groups in total. The average molecular weight is 519 g/mol. The van der Waals surface area contributed by atoms with E-state index in [9.17, 15) is 9.59 Å². The normalized spacial score (nSPS) is 11.6. The lowest BCUT2D eigenvalue weighted by Gasteiger charge is -2.31. The Labute approximate surface area is 225 Å². The van der Waals surface area contributed by atoms with Crippen LogP contribution >= 0.6 is 0 Å². The molecule has 0 saturated carbocycles. The Bertz CT molecular complexity index is 1100. The smallest absolute Gasteiger partial charge is 0.261 e. The van der Waals surface area contributed by atoms with Crippen molar-refractivity contribution in [3.05, 3.63) is 96.1 Å². The van der Waals surface area contributed by atoms with E-state index in [-0.39, 0.29) is 31.1 Å². The Kier molecular flexibility index (Phi) is 11.7. The summed E-state index contributed by atoms with van der Waals surface area (Å²) in [4.78, 5) is 28.8. The predicted molar refractivity (Wildman–Crippen MR) is 148 cm³/mol.